The maximum Gasteiger partial charge on any atom is 0.306 e. The summed E-state index contributed by atoms with van der Waals surface area (Å²) < 4.78 is 10.7. The molecular weight excluding hydrogens is 592 g/mol. The quantitative estimate of drug-likeness (QED) is 0.325. The van der Waals surface area contributed by atoms with E-state index < -0.39 is 5.60 Å². The Morgan fingerprint density at radius 2 is 1.06 bits per heavy atom. The highest BCUT2D eigenvalue weighted by Crippen LogP contribution is 2.32. The molecule has 9 heteroatoms. The summed E-state index contributed by atoms with van der Waals surface area (Å²) in [6, 6.07) is 2.33. The van der Waals surface area contributed by atoms with E-state index in [1.54, 1.807) is 0 Å². The summed E-state index contributed by atoms with van der Waals surface area (Å²) in [7, 11) is 8.72. The molecule has 0 aromatic carbocycles. The number of ether oxygens (including phenoxy) is 2. The summed E-state index contributed by atoms with van der Waals surface area (Å²) in [6.07, 6.45) is 14.1. The Labute approximate surface area is 288 Å². The molecule has 2 aliphatic carbocycles. The molecule has 2 saturated heterocycles. The van der Waals surface area contributed by atoms with E-state index in [9.17, 15) is 14.4 Å². The zero-order valence-corrected chi connectivity index (χ0v) is 32.0. The van der Waals surface area contributed by atoms with Gasteiger partial charge in [0.1, 0.15) is 17.0 Å². The molecule has 1 N–H and O–H groups in total. The van der Waals surface area contributed by atoms with Crippen molar-refractivity contribution in [3.05, 3.63) is 0 Å². The van der Waals surface area contributed by atoms with Crippen LogP contribution in [0.15, 0.2) is 0 Å². The second-order valence-corrected chi connectivity index (χ2v) is 16.9. The van der Waals surface area contributed by atoms with Gasteiger partial charge in [-0.25, -0.2) is 0 Å². The van der Waals surface area contributed by atoms with E-state index >= 15 is 0 Å². The van der Waals surface area contributed by atoms with Crippen LogP contribution >= 0.6 is 0 Å². The molecule has 0 spiro atoms. The number of nitrogens with one attached hydrogen (secondary N) is 1. The van der Waals surface area contributed by atoms with E-state index in [2.05, 4.69) is 48.2 Å². The molecule has 4 aliphatic rings. The molecule has 4 rings (SSSR count). The van der Waals surface area contributed by atoms with Gasteiger partial charge in [0, 0.05) is 43.8 Å². The van der Waals surface area contributed by atoms with Gasteiger partial charge in [0.2, 0.25) is 0 Å². The number of nitrogens with zero attached hydrogens (tertiary/aromatic N) is 3. The SMILES string of the molecule is CC(C)(C)OC(=O)CC1CCC(=O)CC1.CN(C)C1CCN(C2CCC(CC(=O)OC(C)(C)C)CC2)CC1.CN(C)C1CCNCC1. The largest absolute Gasteiger partial charge is 0.460 e. The van der Waals surface area contributed by atoms with Gasteiger partial charge < -0.3 is 29.5 Å². The van der Waals surface area contributed by atoms with Crippen LogP contribution in [0.3, 0.4) is 0 Å². The van der Waals surface area contributed by atoms with Crippen molar-refractivity contribution in [2.75, 3.05) is 54.4 Å². The maximum atomic E-state index is 12.0. The van der Waals surface area contributed by atoms with E-state index in [-0.39, 0.29) is 17.5 Å². The minimum absolute atomic E-state index is 0.0206. The standard InChI is InChI=1S/C19H36N2O2.C12H20O3.C7H16N2/c1-19(2,3)23-18(22)14-15-6-8-17(9-7-15)21-12-10-16(11-13-21)20(4)5;1-12(2,3)15-11(14)8-9-4-6-10(13)7-5-9;1-9(2)7-3-5-8-6-4-7/h15-17H,6-14H2,1-5H3;9H,4-8H2,1-3H3;7-8H,3-6H2,1-2H3. The van der Waals surface area contributed by atoms with Crippen LogP contribution in [0.4, 0.5) is 0 Å². The van der Waals surface area contributed by atoms with Crippen LogP contribution < -0.4 is 5.32 Å². The van der Waals surface area contributed by atoms with Gasteiger partial charge in [0.05, 0.1) is 0 Å². The Morgan fingerprint density at radius 3 is 1.45 bits per heavy atom. The Hall–Kier alpha value is -1.55. The number of Topliss-reactive ketones (excluding diaryl/α,β-unsaturated/α-hetero) is 1. The van der Waals surface area contributed by atoms with Gasteiger partial charge in [0.25, 0.3) is 0 Å². The van der Waals surface area contributed by atoms with Crippen LogP contribution in [0, 0.1) is 11.8 Å². The van der Waals surface area contributed by atoms with Crippen molar-refractivity contribution in [2.45, 2.75) is 161 Å². The summed E-state index contributed by atoms with van der Waals surface area (Å²) in [5.41, 5.74) is -0.757. The molecule has 0 unspecified atom stereocenters. The van der Waals surface area contributed by atoms with Gasteiger partial charge in [-0.1, -0.05) is 0 Å². The zero-order chi connectivity index (χ0) is 35.2. The molecule has 0 atom stereocenters. The number of likely N-dealkylation sites (tertiary alicyclic amines) is 1. The Balaban J connectivity index is 0.000000273. The molecule has 2 aliphatic heterocycles. The third-order valence-corrected chi connectivity index (χ3v) is 10.0. The van der Waals surface area contributed by atoms with Gasteiger partial charge in [-0.15, -0.1) is 0 Å². The van der Waals surface area contributed by atoms with Gasteiger partial charge in [-0.3, -0.25) is 14.4 Å². The van der Waals surface area contributed by atoms with Crippen molar-refractivity contribution in [1.82, 2.24) is 20.0 Å². The van der Waals surface area contributed by atoms with E-state index in [0.29, 0.717) is 43.3 Å². The summed E-state index contributed by atoms with van der Waals surface area (Å²) in [6.45, 7) is 16.3. The summed E-state index contributed by atoms with van der Waals surface area (Å²) >= 11 is 0. The molecule has 47 heavy (non-hydrogen) atoms. The van der Waals surface area contributed by atoms with Crippen molar-refractivity contribution in [3.8, 4) is 0 Å². The van der Waals surface area contributed by atoms with Gasteiger partial charge >= 0.3 is 11.9 Å². The van der Waals surface area contributed by atoms with E-state index in [1.165, 1.54) is 77.5 Å². The molecule has 4 fully saturated rings. The number of rotatable bonds is 7. The molecule has 0 amide bonds. The molecule has 9 nitrogen and oxygen atoms in total. The zero-order valence-electron chi connectivity index (χ0n) is 32.0. The highest BCUT2D eigenvalue weighted by Gasteiger charge is 2.31. The average molecular weight is 665 g/mol. The molecule has 0 aromatic rings. The number of carbonyl (C=O) groups is 3. The smallest absolute Gasteiger partial charge is 0.306 e. The fourth-order valence-electron chi connectivity index (χ4n) is 7.25. The lowest BCUT2D eigenvalue weighted by atomic mass is 9.83. The highest BCUT2D eigenvalue weighted by atomic mass is 16.6. The molecule has 0 bridgehead atoms. The predicted octanol–water partition coefficient (Wildman–Crippen LogP) is 6.08. The number of piperidine rings is 2. The molecule has 0 aromatic heterocycles. The number of hydrogen-bond acceptors (Lipinski definition) is 9. The summed E-state index contributed by atoms with van der Waals surface area (Å²) in [5.74, 6) is 1.04. The van der Waals surface area contributed by atoms with Crippen molar-refractivity contribution >= 4 is 17.7 Å². The van der Waals surface area contributed by atoms with E-state index in [0.717, 1.165) is 31.0 Å². The maximum absolute atomic E-state index is 12.0. The van der Waals surface area contributed by atoms with Crippen molar-refractivity contribution in [1.29, 1.82) is 0 Å². The molecular formula is C38H72N4O5. The summed E-state index contributed by atoms with van der Waals surface area (Å²) in [4.78, 5) is 41.9. The van der Waals surface area contributed by atoms with Crippen molar-refractivity contribution in [2.24, 2.45) is 11.8 Å². The number of hydrogen-bond donors (Lipinski definition) is 1. The van der Waals surface area contributed by atoms with Crippen LogP contribution in [0.1, 0.15) is 131 Å². The van der Waals surface area contributed by atoms with Gasteiger partial charge in [-0.05, 0) is 172 Å². The van der Waals surface area contributed by atoms with Crippen LogP contribution in [0.5, 0.6) is 0 Å². The Kier molecular flexibility index (Phi) is 17.9. The van der Waals surface area contributed by atoms with Crippen LogP contribution in [-0.2, 0) is 23.9 Å². The Morgan fingerprint density at radius 1 is 0.660 bits per heavy atom. The Bertz CT molecular complexity index is 909. The van der Waals surface area contributed by atoms with Crippen molar-refractivity contribution in [3.63, 3.8) is 0 Å². The lowest BCUT2D eigenvalue weighted by Crippen LogP contribution is -2.47. The average Bonchev–Trinajstić information content (AvgIpc) is 2.98. The first kappa shape index (κ1) is 41.6. The highest BCUT2D eigenvalue weighted by molar-refractivity contribution is 5.79. The van der Waals surface area contributed by atoms with Gasteiger partial charge in [0.15, 0.2) is 0 Å². The van der Waals surface area contributed by atoms with E-state index in [4.69, 9.17) is 9.47 Å². The topological polar surface area (TPSA) is 91.4 Å². The lowest BCUT2D eigenvalue weighted by Gasteiger charge is -2.42. The number of ketones is 1. The first-order chi connectivity index (χ1) is 21.9. The first-order valence-electron chi connectivity index (χ1n) is 18.6. The first-order valence-corrected chi connectivity index (χ1v) is 18.6. The molecule has 0 radical (unpaired) electrons. The molecule has 2 heterocycles. The van der Waals surface area contributed by atoms with Crippen LogP contribution in [-0.4, -0.2) is 116 Å². The minimum Gasteiger partial charge on any atom is -0.460 e. The third kappa shape index (κ3) is 18.1. The van der Waals surface area contributed by atoms with Crippen LogP contribution in [0.25, 0.3) is 0 Å². The lowest BCUT2D eigenvalue weighted by molar-refractivity contribution is -0.157. The minimum atomic E-state index is -0.401. The fraction of sp³-hybridized carbons (Fsp3) is 0.921. The monoisotopic (exact) mass is 665 g/mol. The van der Waals surface area contributed by atoms with Gasteiger partial charge in [-0.2, -0.15) is 0 Å². The second-order valence-electron chi connectivity index (χ2n) is 16.9. The fourth-order valence-corrected chi connectivity index (χ4v) is 7.25. The second kappa shape index (κ2) is 20.2. The van der Waals surface area contributed by atoms with Crippen LogP contribution in [0.2, 0.25) is 0 Å². The molecule has 274 valence electrons. The molecule has 2 saturated carbocycles. The summed E-state index contributed by atoms with van der Waals surface area (Å²) in [5, 5.41) is 3.34. The normalized spacial score (nSPS) is 24.2. The third-order valence-electron chi connectivity index (χ3n) is 10.0. The predicted molar refractivity (Wildman–Crippen MR) is 191 cm³/mol. The van der Waals surface area contributed by atoms with E-state index in [1.807, 2.05) is 41.5 Å². The number of esters is 2. The van der Waals surface area contributed by atoms with Crippen molar-refractivity contribution < 1.29 is 23.9 Å². The number of carbonyl (C=O) groups excluding carboxylic acids is 3.